The Bertz CT molecular complexity index is 1170. The molecule has 5 nitrogen and oxygen atoms in total. The number of rotatable bonds is 1. The van der Waals surface area contributed by atoms with E-state index in [0.717, 1.165) is 49.7 Å². The van der Waals surface area contributed by atoms with Crippen LogP contribution in [0.2, 0.25) is 0 Å². The molecule has 3 N–H and O–H groups in total. The summed E-state index contributed by atoms with van der Waals surface area (Å²) >= 11 is 0. The highest BCUT2D eigenvalue weighted by Crippen LogP contribution is 2.74. The number of hydrogen-bond donors (Lipinski definition) is 3. The molecule has 0 amide bonds. The van der Waals surface area contributed by atoms with Crippen LogP contribution >= 0.6 is 0 Å². The van der Waals surface area contributed by atoms with Crippen molar-refractivity contribution in [3.05, 3.63) is 34.4 Å². The molecule has 0 unspecified atom stereocenters. The van der Waals surface area contributed by atoms with Crippen LogP contribution in [0.5, 0.6) is 11.5 Å². The van der Waals surface area contributed by atoms with Crippen molar-refractivity contribution in [1.29, 1.82) is 0 Å². The third-order valence-electron chi connectivity index (χ3n) is 11.5. The molecule has 5 heteroatoms. The zero-order chi connectivity index (χ0) is 25.1. The van der Waals surface area contributed by atoms with E-state index in [1.165, 1.54) is 0 Å². The molecule has 3 saturated carbocycles. The molecule has 5 rings (SSSR count). The number of carboxylic acids is 1. The number of carbonyl (C=O) groups excluding carboxylic acids is 1. The van der Waals surface area contributed by atoms with E-state index < -0.39 is 16.8 Å². The van der Waals surface area contributed by atoms with Gasteiger partial charge in [-0.15, -0.1) is 0 Å². The second-order valence-corrected chi connectivity index (χ2v) is 13.1. The number of carbonyl (C=O) groups is 2. The smallest absolute Gasteiger partial charge is 0.309 e. The number of phenols is 2. The molecular weight excluding hydrogens is 428 g/mol. The fourth-order valence-electron chi connectivity index (χ4n) is 8.72. The van der Waals surface area contributed by atoms with Gasteiger partial charge < -0.3 is 15.3 Å². The second kappa shape index (κ2) is 6.67. The summed E-state index contributed by atoms with van der Waals surface area (Å²) in [4.78, 5) is 25.7. The van der Waals surface area contributed by atoms with Crippen LogP contribution in [-0.4, -0.2) is 27.1 Å². The predicted octanol–water partition coefficient (Wildman–Crippen LogP) is 6.28. The van der Waals surface area contributed by atoms with Gasteiger partial charge in [0.25, 0.3) is 0 Å². The highest BCUT2D eigenvalue weighted by molar-refractivity contribution is 6.10. The SMILES string of the molecule is Cc1c(O)c(O)cc2c1C(=O)C=C1[C@@]2(C)CC[C@@]2(C)[C@@H]3C[C@](C)(C(=O)O)CC[C@]3(C)CC[C@]12C. The lowest BCUT2D eigenvalue weighted by Crippen LogP contribution is -2.62. The monoisotopic (exact) mass is 466 g/mol. The maximum atomic E-state index is 13.5. The fourth-order valence-corrected chi connectivity index (χ4v) is 8.72. The summed E-state index contributed by atoms with van der Waals surface area (Å²) in [5, 5.41) is 30.8. The molecule has 0 bridgehead atoms. The maximum absolute atomic E-state index is 13.5. The summed E-state index contributed by atoms with van der Waals surface area (Å²) in [6.45, 7) is 12.8. The minimum atomic E-state index is -0.712. The summed E-state index contributed by atoms with van der Waals surface area (Å²) in [6.07, 6.45) is 7.89. The van der Waals surface area contributed by atoms with E-state index >= 15 is 0 Å². The minimum Gasteiger partial charge on any atom is -0.504 e. The molecule has 0 radical (unpaired) electrons. The summed E-state index contributed by atoms with van der Waals surface area (Å²) in [5.74, 6) is -0.940. The van der Waals surface area contributed by atoms with E-state index in [9.17, 15) is 24.9 Å². The van der Waals surface area contributed by atoms with Crippen molar-refractivity contribution in [2.75, 3.05) is 0 Å². The number of hydrogen-bond acceptors (Lipinski definition) is 4. The normalized spacial score (nSPS) is 43.2. The minimum absolute atomic E-state index is 0.104. The van der Waals surface area contributed by atoms with Crippen molar-refractivity contribution in [3.8, 4) is 11.5 Å². The molecule has 3 fully saturated rings. The quantitative estimate of drug-likeness (QED) is 0.423. The van der Waals surface area contributed by atoms with Crippen LogP contribution < -0.4 is 0 Å². The summed E-state index contributed by atoms with van der Waals surface area (Å²) in [6, 6.07) is 1.60. The number of benzene rings is 1. The van der Waals surface area contributed by atoms with Crippen LogP contribution in [0.4, 0.5) is 0 Å². The van der Waals surface area contributed by atoms with E-state index in [1.807, 2.05) is 13.0 Å². The molecule has 0 aliphatic heterocycles. The van der Waals surface area contributed by atoms with E-state index in [4.69, 9.17) is 0 Å². The first kappa shape index (κ1) is 23.4. The number of allylic oxidation sites excluding steroid dienone is 2. The molecule has 184 valence electrons. The molecule has 0 heterocycles. The van der Waals surface area contributed by atoms with Crippen molar-refractivity contribution in [1.82, 2.24) is 0 Å². The van der Waals surface area contributed by atoms with Crippen LogP contribution in [0.1, 0.15) is 101 Å². The molecule has 34 heavy (non-hydrogen) atoms. The van der Waals surface area contributed by atoms with E-state index in [-0.39, 0.29) is 39.4 Å². The van der Waals surface area contributed by atoms with Gasteiger partial charge in [0, 0.05) is 16.5 Å². The zero-order valence-electron chi connectivity index (χ0n) is 21.3. The number of phenolic OH excluding ortho intramolecular Hbond substituents is 2. The van der Waals surface area contributed by atoms with Gasteiger partial charge in [0.15, 0.2) is 17.3 Å². The molecule has 4 aliphatic carbocycles. The third kappa shape index (κ3) is 2.62. The average molecular weight is 467 g/mol. The van der Waals surface area contributed by atoms with Gasteiger partial charge in [-0.25, -0.2) is 0 Å². The molecule has 0 saturated heterocycles. The van der Waals surface area contributed by atoms with Gasteiger partial charge in [0.2, 0.25) is 0 Å². The van der Waals surface area contributed by atoms with Crippen LogP contribution in [0.15, 0.2) is 17.7 Å². The van der Waals surface area contributed by atoms with E-state index in [0.29, 0.717) is 17.5 Å². The van der Waals surface area contributed by atoms with Gasteiger partial charge >= 0.3 is 5.97 Å². The first-order valence-corrected chi connectivity index (χ1v) is 12.7. The Hall–Kier alpha value is -2.30. The third-order valence-corrected chi connectivity index (χ3v) is 11.5. The number of fused-ring (bicyclic) bond motifs is 7. The molecule has 1 aromatic rings. The maximum Gasteiger partial charge on any atom is 0.309 e. The van der Waals surface area contributed by atoms with Crippen LogP contribution in [0.25, 0.3) is 0 Å². The van der Waals surface area contributed by atoms with E-state index in [1.54, 1.807) is 13.0 Å². The van der Waals surface area contributed by atoms with Crippen LogP contribution in [0, 0.1) is 34.5 Å². The molecule has 1 aromatic carbocycles. The predicted molar refractivity (Wildman–Crippen MR) is 130 cm³/mol. The van der Waals surface area contributed by atoms with Gasteiger partial charge in [0.1, 0.15) is 0 Å². The lowest BCUT2D eigenvalue weighted by atomic mass is 9.34. The number of carboxylic acid groups (broad SMARTS) is 1. The molecule has 0 spiro atoms. The average Bonchev–Trinajstić information content (AvgIpc) is 2.77. The summed E-state index contributed by atoms with van der Waals surface area (Å²) in [7, 11) is 0. The highest BCUT2D eigenvalue weighted by atomic mass is 16.4. The van der Waals surface area contributed by atoms with Gasteiger partial charge in [-0.1, -0.05) is 27.7 Å². The molecule has 4 aliphatic rings. The lowest BCUT2D eigenvalue weighted by molar-refractivity contribution is -0.177. The Morgan fingerprint density at radius 2 is 1.62 bits per heavy atom. The van der Waals surface area contributed by atoms with Gasteiger partial charge in [-0.3, -0.25) is 9.59 Å². The standard InChI is InChI=1S/C29H38O5/c1-16-22-17(13-19(31)23(16)32)27(4)10-12-29(6)21-15-26(3,24(33)34)8-7-25(21,2)9-11-28(29,5)20(27)14-18(22)30/h13-14,21,31-32H,7-12,15H2,1-6H3,(H,33,34)/t21-,25-,26-,27+,28-,29+/m1/s1. The largest absolute Gasteiger partial charge is 0.504 e. The van der Waals surface area contributed by atoms with Gasteiger partial charge in [-0.05, 0) is 104 Å². The summed E-state index contributed by atoms with van der Waals surface area (Å²) in [5.41, 5.74) is 1.50. The van der Waals surface area contributed by atoms with Crippen molar-refractivity contribution in [2.45, 2.75) is 91.9 Å². The van der Waals surface area contributed by atoms with Crippen molar-refractivity contribution < 1.29 is 24.9 Å². The topological polar surface area (TPSA) is 94.8 Å². The molecular formula is C29H38O5. The summed E-state index contributed by atoms with van der Waals surface area (Å²) < 4.78 is 0. The van der Waals surface area contributed by atoms with Crippen LogP contribution in [0.3, 0.4) is 0 Å². The number of aromatic hydroxyl groups is 2. The molecule has 6 atom stereocenters. The van der Waals surface area contributed by atoms with Gasteiger partial charge in [0.05, 0.1) is 5.41 Å². The number of aliphatic carboxylic acids is 1. The lowest BCUT2D eigenvalue weighted by Gasteiger charge is -2.69. The highest BCUT2D eigenvalue weighted by Gasteiger charge is 2.67. The van der Waals surface area contributed by atoms with Crippen molar-refractivity contribution in [2.24, 2.45) is 27.6 Å². The fraction of sp³-hybridized carbons (Fsp3) is 0.655. The Balaban J connectivity index is 1.67. The van der Waals surface area contributed by atoms with Gasteiger partial charge in [-0.2, -0.15) is 0 Å². The molecule has 0 aromatic heterocycles. The first-order valence-electron chi connectivity index (χ1n) is 12.7. The van der Waals surface area contributed by atoms with Crippen LogP contribution in [-0.2, 0) is 10.2 Å². The van der Waals surface area contributed by atoms with Crippen molar-refractivity contribution in [3.63, 3.8) is 0 Å². The number of ketones is 1. The first-order chi connectivity index (χ1) is 15.6. The Morgan fingerprint density at radius 3 is 2.26 bits per heavy atom. The Labute approximate surface area is 202 Å². The Kier molecular flexibility index (Phi) is 4.60. The Morgan fingerprint density at radius 1 is 0.971 bits per heavy atom. The van der Waals surface area contributed by atoms with E-state index in [2.05, 4.69) is 27.7 Å². The zero-order valence-corrected chi connectivity index (χ0v) is 21.3. The van der Waals surface area contributed by atoms with Crippen molar-refractivity contribution >= 4 is 11.8 Å². The second-order valence-electron chi connectivity index (χ2n) is 13.1.